The van der Waals surface area contributed by atoms with Crippen LogP contribution in [0.3, 0.4) is 0 Å². The number of pyridine rings is 1. The first-order valence-corrected chi connectivity index (χ1v) is 6.50. The number of anilines is 1. The number of likely N-dealkylation sites (N-methyl/N-ethyl adjacent to an activating group) is 2. The predicted octanol–water partition coefficient (Wildman–Crippen LogP) is 0.533. The number of amides is 1. The molecule has 1 unspecified atom stereocenters. The summed E-state index contributed by atoms with van der Waals surface area (Å²) < 4.78 is 0. The molecule has 1 aromatic rings. The molecule has 0 radical (unpaired) electrons. The summed E-state index contributed by atoms with van der Waals surface area (Å²) >= 11 is 0. The van der Waals surface area contributed by atoms with Gasteiger partial charge in [-0.3, -0.25) is 15.6 Å². The molecule has 1 fully saturated rings. The van der Waals surface area contributed by atoms with Crippen LogP contribution in [0.5, 0.6) is 0 Å². The van der Waals surface area contributed by atoms with Gasteiger partial charge in [-0.15, -0.1) is 0 Å². The zero-order chi connectivity index (χ0) is 13.8. The molecule has 104 valence electrons. The molecule has 2 rings (SSSR count). The Morgan fingerprint density at radius 2 is 2.47 bits per heavy atom. The number of rotatable bonds is 4. The van der Waals surface area contributed by atoms with Crippen molar-refractivity contribution in [3.63, 3.8) is 0 Å². The first kappa shape index (κ1) is 13.8. The number of aromatic nitrogens is 1. The van der Waals surface area contributed by atoms with Crippen LogP contribution in [0.1, 0.15) is 23.2 Å². The Hall–Kier alpha value is -1.66. The van der Waals surface area contributed by atoms with Crippen molar-refractivity contribution in [1.29, 1.82) is 0 Å². The van der Waals surface area contributed by atoms with Crippen LogP contribution in [-0.4, -0.2) is 53.9 Å². The van der Waals surface area contributed by atoms with Crippen molar-refractivity contribution < 1.29 is 4.79 Å². The third kappa shape index (κ3) is 3.02. The molecule has 0 spiro atoms. The summed E-state index contributed by atoms with van der Waals surface area (Å²) in [5.74, 6) is 5.36. The number of hydrogen-bond donors (Lipinski definition) is 2. The zero-order valence-corrected chi connectivity index (χ0v) is 11.5. The largest absolute Gasteiger partial charge is 0.340 e. The minimum atomic E-state index is -0.0543. The smallest absolute Gasteiger partial charge is 0.257 e. The quantitative estimate of drug-likeness (QED) is 0.612. The molecular weight excluding hydrogens is 242 g/mol. The molecule has 0 aliphatic carbocycles. The molecule has 1 atom stereocenters. The van der Waals surface area contributed by atoms with Gasteiger partial charge in [-0.05, 0) is 32.5 Å². The lowest BCUT2D eigenvalue weighted by Crippen LogP contribution is -2.39. The van der Waals surface area contributed by atoms with Gasteiger partial charge in [-0.1, -0.05) is 0 Å². The van der Waals surface area contributed by atoms with Crippen LogP contribution in [0.2, 0.25) is 0 Å². The molecule has 1 aromatic heterocycles. The lowest BCUT2D eigenvalue weighted by atomic mass is 10.1. The summed E-state index contributed by atoms with van der Waals surface area (Å²) in [6, 6.07) is 2.14. The Morgan fingerprint density at radius 1 is 1.68 bits per heavy atom. The van der Waals surface area contributed by atoms with Crippen LogP contribution in [0.15, 0.2) is 18.5 Å². The molecule has 0 bridgehead atoms. The number of nitrogen functional groups attached to an aromatic ring is 1. The highest BCUT2D eigenvalue weighted by atomic mass is 16.2. The molecule has 3 N–H and O–H groups in total. The molecular formula is C13H21N5O. The van der Waals surface area contributed by atoms with E-state index in [1.54, 1.807) is 23.4 Å². The molecule has 0 aromatic carbocycles. The van der Waals surface area contributed by atoms with Crippen molar-refractivity contribution in [3.8, 4) is 0 Å². The van der Waals surface area contributed by atoms with Gasteiger partial charge in [0.25, 0.3) is 5.91 Å². The molecule has 1 amide bonds. The fourth-order valence-electron chi connectivity index (χ4n) is 2.51. The van der Waals surface area contributed by atoms with E-state index in [1.807, 2.05) is 7.05 Å². The predicted molar refractivity (Wildman–Crippen MR) is 74.7 cm³/mol. The highest BCUT2D eigenvalue weighted by Crippen LogP contribution is 2.18. The summed E-state index contributed by atoms with van der Waals surface area (Å²) in [7, 11) is 3.93. The van der Waals surface area contributed by atoms with Gasteiger partial charge in [0, 0.05) is 32.0 Å². The minimum Gasteiger partial charge on any atom is -0.340 e. The van der Waals surface area contributed by atoms with Gasteiger partial charge in [0.15, 0.2) is 0 Å². The summed E-state index contributed by atoms with van der Waals surface area (Å²) in [5, 5.41) is 0. The van der Waals surface area contributed by atoms with Crippen molar-refractivity contribution in [1.82, 2.24) is 14.8 Å². The van der Waals surface area contributed by atoms with Gasteiger partial charge in [-0.25, -0.2) is 0 Å². The fraction of sp³-hybridized carbons (Fsp3) is 0.538. The normalized spacial score (nSPS) is 19.4. The van der Waals surface area contributed by atoms with Gasteiger partial charge < -0.3 is 15.2 Å². The lowest BCUT2D eigenvalue weighted by Gasteiger charge is -2.26. The maximum atomic E-state index is 12.4. The summed E-state index contributed by atoms with van der Waals surface area (Å²) in [6.07, 6.45) is 5.50. The van der Waals surface area contributed by atoms with Crippen molar-refractivity contribution in [2.24, 2.45) is 5.84 Å². The number of nitrogens with one attached hydrogen (secondary N) is 1. The Bertz CT molecular complexity index is 450. The number of nitrogens with zero attached hydrogens (tertiary/aromatic N) is 3. The highest BCUT2D eigenvalue weighted by molar-refractivity contribution is 5.99. The van der Waals surface area contributed by atoms with E-state index in [-0.39, 0.29) is 5.91 Å². The van der Waals surface area contributed by atoms with Gasteiger partial charge in [0.2, 0.25) is 0 Å². The van der Waals surface area contributed by atoms with Crippen LogP contribution in [0.4, 0.5) is 5.69 Å². The first-order chi connectivity index (χ1) is 9.13. The van der Waals surface area contributed by atoms with E-state index >= 15 is 0 Å². The lowest BCUT2D eigenvalue weighted by molar-refractivity contribution is 0.0762. The SMILES string of the molecule is CN(CC1CCCN1C)C(=O)c1cnccc1NN. The number of carbonyl (C=O) groups excluding carboxylic acids is 1. The zero-order valence-electron chi connectivity index (χ0n) is 11.5. The molecule has 19 heavy (non-hydrogen) atoms. The molecule has 1 aliphatic heterocycles. The second-order valence-electron chi connectivity index (χ2n) is 5.03. The summed E-state index contributed by atoms with van der Waals surface area (Å²) in [5.41, 5.74) is 3.65. The highest BCUT2D eigenvalue weighted by Gasteiger charge is 2.25. The van der Waals surface area contributed by atoms with E-state index in [1.165, 1.54) is 6.42 Å². The van der Waals surface area contributed by atoms with Crippen LogP contribution >= 0.6 is 0 Å². The number of hydrazine groups is 1. The molecule has 1 aliphatic rings. The third-order valence-corrected chi connectivity index (χ3v) is 3.71. The van der Waals surface area contributed by atoms with Crippen LogP contribution in [0, 0.1) is 0 Å². The second kappa shape index (κ2) is 5.99. The Labute approximate surface area is 113 Å². The van der Waals surface area contributed by atoms with Crippen molar-refractivity contribution in [2.45, 2.75) is 18.9 Å². The number of hydrogen-bond acceptors (Lipinski definition) is 5. The Balaban J connectivity index is 2.06. The van der Waals surface area contributed by atoms with Crippen molar-refractivity contribution >= 4 is 11.6 Å². The first-order valence-electron chi connectivity index (χ1n) is 6.50. The molecule has 6 heteroatoms. The molecule has 6 nitrogen and oxygen atoms in total. The van der Waals surface area contributed by atoms with Crippen LogP contribution < -0.4 is 11.3 Å². The van der Waals surface area contributed by atoms with Gasteiger partial charge in [-0.2, -0.15) is 0 Å². The molecule has 2 heterocycles. The van der Waals surface area contributed by atoms with Crippen LogP contribution in [-0.2, 0) is 0 Å². The minimum absolute atomic E-state index is 0.0543. The van der Waals surface area contributed by atoms with E-state index in [2.05, 4.69) is 22.4 Å². The number of carbonyl (C=O) groups is 1. The van der Waals surface area contributed by atoms with Crippen molar-refractivity contribution in [3.05, 3.63) is 24.0 Å². The van der Waals surface area contributed by atoms with Crippen LogP contribution in [0.25, 0.3) is 0 Å². The summed E-state index contributed by atoms with van der Waals surface area (Å²) in [6.45, 7) is 1.84. The topological polar surface area (TPSA) is 74.5 Å². The Morgan fingerprint density at radius 3 is 3.11 bits per heavy atom. The van der Waals surface area contributed by atoms with Gasteiger partial charge in [0.05, 0.1) is 11.3 Å². The van der Waals surface area contributed by atoms with E-state index in [9.17, 15) is 4.79 Å². The third-order valence-electron chi connectivity index (χ3n) is 3.71. The van der Waals surface area contributed by atoms with E-state index in [0.717, 1.165) is 19.5 Å². The number of likely N-dealkylation sites (tertiary alicyclic amines) is 1. The Kier molecular flexibility index (Phi) is 4.34. The monoisotopic (exact) mass is 263 g/mol. The van der Waals surface area contributed by atoms with Gasteiger partial charge in [0.1, 0.15) is 0 Å². The number of nitrogens with two attached hydrogens (primary N) is 1. The average molecular weight is 263 g/mol. The molecule has 1 saturated heterocycles. The second-order valence-corrected chi connectivity index (χ2v) is 5.03. The summed E-state index contributed by atoms with van der Waals surface area (Å²) in [4.78, 5) is 20.4. The standard InChI is InChI=1S/C13H21N5O/c1-17-7-3-4-10(17)9-18(2)13(19)11-8-15-6-5-12(11)16-14/h5-6,8,10H,3-4,7,9,14H2,1-2H3,(H,15,16). The average Bonchev–Trinajstić information content (AvgIpc) is 2.83. The van der Waals surface area contributed by atoms with Gasteiger partial charge >= 0.3 is 0 Å². The maximum Gasteiger partial charge on any atom is 0.257 e. The maximum absolute atomic E-state index is 12.4. The van der Waals surface area contributed by atoms with E-state index in [4.69, 9.17) is 5.84 Å². The fourth-order valence-corrected chi connectivity index (χ4v) is 2.51. The molecule has 0 saturated carbocycles. The van der Waals surface area contributed by atoms with E-state index in [0.29, 0.717) is 17.3 Å². The van der Waals surface area contributed by atoms with Crippen molar-refractivity contribution in [2.75, 3.05) is 32.6 Å². The van der Waals surface area contributed by atoms with E-state index < -0.39 is 0 Å².